The maximum Gasteiger partial charge on any atom is -0.0380 e. The van der Waals surface area contributed by atoms with Gasteiger partial charge in [-0.1, -0.05) is 52.4 Å². The highest BCUT2D eigenvalue weighted by atomic mass is 14.5. The van der Waals surface area contributed by atoms with E-state index in [4.69, 9.17) is 0 Å². The molecule has 0 spiro atoms. The van der Waals surface area contributed by atoms with Crippen molar-refractivity contribution < 1.29 is 0 Å². The number of hydrogen-bond acceptors (Lipinski definition) is 0. The molecule has 0 amide bonds. The monoisotopic (exact) mass is 208 g/mol. The Bertz CT molecular complexity index is 182. The van der Waals surface area contributed by atoms with Crippen LogP contribution in [0.3, 0.4) is 0 Å². The van der Waals surface area contributed by atoms with Crippen LogP contribution in [0, 0.1) is 23.7 Å². The Kier molecular flexibility index (Phi) is 4.11. The Morgan fingerprint density at radius 1 is 0.867 bits per heavy atom. The van der Waals surface area contributed by atoms with Gasteiger partial charge < -0.3 is 0 Å². The second-order valence-electron chi connectivity index (χ2n) is 6.17. The lowest BCUT2D eigenvalue weighted by Gasteiger charge is -2.25. The highest BCUT2D eigenvalue weighted by molar-refractivity contribution is 4.93. The van der Waals surface area contributed by atoms with Gasteiger partial charge in [0.25, 0.3) is 0 Å². The molecule has 0 radical (unpaired) electrons. The molecule has 2 aliphatic rings. The minimum Gasteiger partial charge on any atom is -0.0654 e. The largest absolute Gasteiger partial charge is 0.0654 e. The molecule has 0 N–H and O–H groups in total. The summed E-state index contributed by atoms with van der Waals surface area (Å²) < 4.78 is 0. The van der Waals surface area contributed by atoms with Crippen molar-refractivity contribution in [3.63, 3.8) is 0 Å². The van der Waals surface area contributed by atoms with Crippen LogP contribution >= 0.6 is 0 Å². The van der Waals surface area contributed by atoms with Crippen LogP contribution in [-0.2, 0) is 0 Å². The molecule has 0 saturated heterocycles. The van der Waals surface area contributed by atoms with Crippen LogP contribution in [0.2, 0.25) is 0 Å². The summed E-state index contributed by atoms with van der Waals surface area (Å²) in [6.07, 6.45) is 13.6. The average Bonchev–Trinajstić information content (AvgIpc) is 2.76. The van der Waals surface area contributed by atoms with Gasteiger partial charge in [0.15, 0.2) is 0 Å². The molecule has 0 aromatic rings. The molecular weight excluding hydrogens is 180 g/mol. The second-order valence-corrected chi connectivity index (χ2v) is 6.17. The first-order valence-corrected chi connectivity index (χ1v) is 7.31. The maximum absolute atomic E-state index is 2.47. The number of fused-ring (bicyclic) bond motifs is 2. The Morgan fingerprint density at radius 2 is 1.67 bits per heavy atom. The van der Waals surface area contributed by atoms with Crippen molar-refractivity contribution >= 4 is 0 Å². The van der Waals surface area contributed by atoms with Gasteiger partial charge in [-0.2, -0.15) is 0 Å². The molecule has 0 aromatic heterocycles. The lowest BCUT2D eigenvalue weighted by Crippen LogP contribution is -2.15. The molecular formula is C15H28. The van der Waals surface area contributed by atoms with E-state index in [2.05, 4.69) is 13.8 Å². The summed E-state index contributed by atoms with van der Waals surface area (Å²) in [6.45, 7) is 4.78. The van der Waals surface area contributed by atoms with E-state index in [9.17, 15) is 0 Å². The lowest BCUT2D eigenvalue weighted by molar-refractivity contribution is 0.254. The van der Waals surface area contributed by atoms with Gasteiger partial charge in [-0.25, -0.2) is 0 Å². The van der Waals surface area contributed by atoms with Gasteiger partial charge in [0, 0.05) is 0 Å². The number of hydrogen-bond donors (Lipinski definition) is 0. The molecule has 0 nitrogen and oxygen atoms in total. The van der Waals surface area contributed by atoms with E-state index in [0.717, 1.165) is 23.7 Å². The van der Waals surface area contributed by atoms with Crippen molar-refractivity contribution in [1.29, 1.82) is 0 Å². The Labute approximate surface area is 95.8 Å². The van der Waals surface area contributed by atoms with Crippen LogP contribution in [0.1, 0.15) is 71.6 Å². The van der Waals surface area contributed by atoms with E-state index < -0.39 is 0 Å². The third kappa shape index (κ3) is 2.77. The van der Waals surface area contributed by atoms with Crippen LogP contribution in [-0.4, -0.2) is 0 Å². The van der Waals surface area contributed by atoms with Crippen LogP contribution in [0.25, 0.3) is 0 Å². The van der Waals surface area contributed by atoms with Crippen molar-refractivity contribution in [2.45, 2.75) is 71.6 Å². The summed E-state index contributed by atoms with van der Waals surface area (Å²) in [5, 5.41) is 0. The van der Waals surface area contributed by atoms with Crippen molar-refractivity contribution in [2.24, 2.45) is 23.7 Å². The molecule has 2 saturated carbocycles. The first kappa shape index (κ1) is 11.5. The summed E-state index contributed by atoms with van der Waals surface area (Å²) in [7, 11) is 0. The van der Waals surface area contributed by atoms with Gasteiger partial charge >= 0.3 is 0 Å². The summed E-state index contributed by atoms with van der Waals surface area (Å²) in [4.78, 5) is 0. The normalized spacial score (nSPS) is 38.8. The minimum atomic E-state index is 1.06. The van der Waals surface area contributed by atoms with E-state index in [-0.39, 0.29) is 0 Å². The number of unbranched alkanes of at least 4 members (excludes halogenated alkanes) is 4. The van der Waals surface area contributed by atoms with Gasteiger partial charge in [0.05, 0.1) is 0 Å². The molecule has 2 fully saturated rings. The Morgan fingerprint density at radius 3 is 2.27 bits per heavy atom. The SMILES string of the molecule is CCCCCCCC1CC2CC1CC2C. The molecule has 4 atom stereocenters. The topological polar surface area (TPSA) is 0 Å². The fourth-order valence-corrected chi connectivity index (χ4v) is 4.05. The van der Waals surface area contributed by atoms with Crippen LogP contribution < -0.4 is 0 Å². The standard InChI is InChI=1S/C15H28/c1-3-4-5-6-7-8-13-10-14-11-15(13)9-12(14)2/h12-15H,3-11H2,1-2H3. The van der Waals surface area contributed by atoms with Gasteiger partial charge in [-0.05, 0) is 42.9 Å². The van der Waals surface area contributed by atoms with Crippen LogP contribution in [0.5, 0.6) is 0 Å². The highest BCUT2D eigenvalue weighted by Gasteiger charge is 2.42. The Hall–Kier alpha value is 0. The summed E-state index contributed by atoms with van der Waals surface area (Å²) in [6, 6.07) is 0. The molecule has 4 unspecified atom stereocenters. The lowest BCUT2D eigenvalue weighted by atomic mass is 9.80. The molecule has 2 aliphatic carbocycles. The quantitative estimate of drug-likeness (QED) is 0.537. The maximum atomic E-state index is 2.47. The first-order valence-electron chi connectivity index (χ1n) is 7.31. The zero-order valence-corrected chi connectivity index (χ0v) is 10.7. The fourth-order valence-electron chi connectivity index (χ4n) is 4.05. The second kappa shape index (κ2) is 5.37. The van der Waals surface area contributed by atoms with Gasteiger partial charge in [-0.15, -0.1) is 0 Å². The zero-order chi connectivity index (χ0) is 10.7. The predicted molar refractivity (Wildman–Crippen MR) is 66.9 cm³/mol. The van der Waals surface area contributed by atoms with Crippen molar-refractivity contribution in [2.75, 3.05) is 0 Å². The third-order valence-corrected chi connectivity index (χ3v) is 5.04. The van der Waals surface area contributed by atoms with Crippen molar-refractivity contribution in [3.05, 3.63) is 0 Å². The number of rotatable bonds is 6. The van der Waals surface area contributed by atoms with E-state index >= 15 is 0 Å². The van der Waals surface area contributed by atoms with E-state index in [1.807, 2.05) is 0 Å². The van der Waals surface area contributed by atoms with Gasteiger partial charge in [-0.3, -0.25) is 0 Å². The highest BCUT2D eigenvalue weighted by Crippen LogP contribution is 2.52. The van der Waals surface area contributed by atoms with Crippen molar-refractivity contribution in [1.82, 2.24) is 0 Å². The molecule has 0 aliphatic heterocycles. The van der Waals surface area contributed by atoms with Crippen molar-refractivity contribution in [3.8, 4) is 0 Å². The summed E-state index contributed by atoms with van der Waals surface area (Å²) >= 11 is 0. The third-order valence-electron chi connectivity index (χ3n) is 5.04. The molecule has 2 bridgehead atoms. The van der Waals surface area contributed by atoms with Crippen LogP contribution in [0.4, 0.5) is 0 Å². The molecule has 15 heavy (non-hydrogen) atoms. The van der Waals surface area contributed by atoms with Crippen LogP contribution in [0.15, 0.2) is 0 Å². The molecule has 0 heterocycles. The molecule has 0 aromatic carbocycles. The Balaban J connectivity index is 1.58. The zero-order valence-electron chi connectivity index (χ0n) is 10.7. The van der Waals surface area contributed by atoms with Gasteiger partial charge in [0.1, 0.15) is 0 Å². The summed E-state index contributed by atoms with van der Waals surface area (Å²) in [5.41, 5.74) is 0. The average molecular weight is 208 g/mol. The molecule has 88 valence electrons. The smallest absolute Gasteiger partial charge is 0.0380 e. The minimum absolute atomic E-state index is 1.06. The van der Waals surface area contributed by atoms with Gasteiger partial charge in [0.2, 0.25) is 0 Å². The predicted octanol–water partition coefficient (Wildman–Crippen LogP) is 5.03. The van der Waals surface area contributed by atoms with E-state index in [1.54, 1.807) is 25.7 Å². The fraction of sp³-hybridized carbons (Fsp3) is 1.00. The summed E-state index contributed by atoms with van der Waals surface area (Å²) in [5.74, 6) is 4.45. The van der Waals surface area contributed by atoms with E-state index in [1.165, 1.54) is 32.1 Å². The molecule has 2 rings (SSSR count). The van der Waals surface area contributed by atoms with E-state index in [0.29, 0.717) is 0 Å². The first-order chi connectivity index (χ1) is 7.31. The molecule has 0 heteroatoms.